The monoisotopic (exact) mass is 385 g/mol. The molecule has 150 valence electrons. The molecule has 0 saturated carbocycles. The smallest absolute Gasteiger partial charge is 0.241 e. The highest BCUT2D eigenvalue weighted by Crippen LogP contribution is 2.30. The van der Waals surface area contributed by atoms with Crippen LogP contribution >= 0.6 is 0 Å². The maximum Gasteiger partial charge on any atom is 0.241 e. The predicted molar refractivity (Wildman–Crippen MR) is 110 cm³/mol. The van der Waals surface area contributed by atoms with Crippen LogP contribution in [-0.2, 0) is 4.79 Å². The van der Waals surface area contributed by atoms with Gasteiger partial charge < -0.3 is 24.8 Å². The Balaban J connectivity index is 1.56. The van der Waals surface area contributed by atoms with Crippen LogP contribution in [0.5, 0.6) is 17.2 Å². The molecule has 1 saturated heterocycles. The normalized spacial score (nSPS) is 15.8. The third-order valence-electron chi connectivity index (χ3n) is 5.11. The van der Waals surface area contributed by atoms with Crippen molar-refractivity contribution in [3.63, 3.8) is 0 Å². The van der Waals surface area contributed by atoms with E-state index in [-0.39, 0.29) is 17.7 Å². The number of nitrogens with zero attached hydrogens (tertiary/aromatic N) is 2. The first-order chi connectivity index (χ1) is 13.5. The number of carbonyl (C=O) groups excluding carboxylic acids is 1. The summed E-state index contributed by atoms with van der Waals surface area (Å²) >= 11 is 0. The van der Waals surface area contributed by atoms with Crippen molar-refractivity contribution in [2.75, 3.05) is 50.6 Å². The van der Waals surface area contributed by atoms with Crippen molar-refractivity contribution in [2.45, 2.75) is 13.0 Å². The fourth-order valence-electron chi connectivity index (χ4n) is 3.36. The molecule has 0 aromatic heterocycles. The molecule has 0 unspecified atom stereocenters. The van der Waals surface area contributed by atoms with Gasteiger partial charge in [-0.25, -0.2) is 0 Å². The van der Waals surface area contributed by atoms with Gasteiger partial charge in [-0.05, 0) is 43.3 Å². The number of amides is 1. The highest BCUT2D eigenvalue weighted by Gasteiger charge is 2.26. The lowest BCUT2D eigenvalue weighted by molar-refractivity contribution is -0.120. The second-order valence-corrected chi connectivity index (χ2v) is 6.77. The number of rotatable bonds is 6. The van der Waals surface area contributed by atoms with Crippen LogP contribution in [0.2, 0.25) is 0 Å². The molecule has 1 fully saturated rings. The molecule has 0 radical (unpaired) electrons. The van der Waals surface area contributed by atoms with Gasteiger partial charge in [0.25, 0.3) is 0 Å². The molecular weight excluding hydrogens is 358 g/mol. The van der Waals surface area contributed by atoms with E-state index in [1.807, 2.05) is 19.1 Å². The minimum absolute atomic E-state index is 0.0506. The van der Waals surface area contributed by atoms with E-state index in [2.05, 4.69) is 15.1 Å². The molecule has 3 rings (SSSR count). The summed E-state index contributed by atoms with van der Waals surface area (Å²) in [5, 5.41) is 12.4. The van der Waals surface area contributed by atoms with E-state index in [1.54, 1.807) is 44.6 Å². The van der Waals surface area contributed by atoms with Gasteiger partial charge in [-0.3, -0.25) is 9.69 Å². The van der Waals surface area contributed by atoms with Crippen LogP contribution in [0.15, 0.2) is 42.5 Å². The standard InChI is InChI=1S/C21H27N3O4/c1-15(21(26)22-16-4-9-19(27-2)20(14-16)28-3)23-10-12-24(13-11-23)17-5-7-18(25)8-6-17/h4-9,14-15,25H,10-13H2,1-3H3,(H,22,26)/t15-/m0/s1. The first kappa shape index (κ1) is 19.8. The Morgan fingerprint density at radius 1 is 1.00 bits per heavy atom. The number of hydrogen-bond donors (Lipinski definition) is 2. The summed E-state index contributed by atoms with van der Waals surface area (Å²) in [6.07, 6.45) is 0. The zero-order chi connectivity index (χ0) is 20.1. The van der Waals surface area contributed by atoms with Gasteiger partial charge in [-0.2, -0.15) is 0 Å². The maximum absolute atomic E-state index is 12.7. The van der Waals surface area contributed by atoms with Crippen LogP contribution in [0.25, 0.3) is 0 Å². The molecular formula is C21H27N3O4. The molecule has 1 heterocycles. The maximum atomic E-state index is 12.7. The van der Waals surface area contributed by atoms with Crippen molar-refractivity contribution in [3.8, 4) is 17.2 Å². The van der Waals surface area contributed by atoms with Crippen LogP contribution in [0.1, 0.15) is 6.92 Å². The molecule has 28 heavy (non-hydrogen) atoms. The Labute approximate surface area is 165 Å². The molecule has 7 nitrogen and oxygen atoms in total. The van der Waals surface area contributed by atoms with Crippen molar-refractivity contribution in [3.05, 3.63) is 42.5 Å². The summed E-state index contributed by atoms with van der Waals surface area (Å²) in [4.78, 5) is 17.1. The average Bonchev–Trinajstić information content (AvgIpc) is 2.73. The average molecular weight is 385 g/mol. The SMILES string of the molecule is COc1ccc(NC(=O)[C@H](C)N2CCN(c3ccc(O)cc3)CC2)cc1OC. The van der Waals surface area contributed by atoms with Gasteiger partial charge in [0.2, 0.25) is 5.91 Å². The second-order valence-electron chi connectivity index (χ2n) is 6.77. The number of carbonyl (C=O) groups is 1. The molecule has 7 heteroatoms. The molecule has 0 aliphatic carbocycles. The highest BCUT2D eigenvalue weighted by molar-refractivity contribution is 5.94. The van der Waals surface area contributed by atoms with Gasteiger partial charge in [0.05, 0.1) is 20.3 Å². The predicted octanol–water partition coefficient (Wildman–Crippen LogP) is 2.56. The fourth-order valence-corrected chi connectivity index (χ4v) is 3.36. The molecule has 2 aromatic carbocycles. The molecule has 0 bridgehead atoms. The highest BCUT2D eigenvalue weighted by atomic mass is 16.5. The second kappa shape index (κ2) is 8.84. The fraction of sp³-hybridized carbons (Fsp3) is 0.381. The van der Waals surface area contributed by atoms with Gasteiger partial charge in [-0.15, -0.1) is 0 Å². The van der Waals surface area contributed by atoms with E-state index in [0.29, 0.717) is 17.2 Å². The number of aromatic hydroxyl groups is 1. The Hall–Kier alpha value is -2.93. The number of benzene rings is 2. The minimum atomic E-state index is -0.241. The number of piperazine rings is 1. The van der Waals surface area contributed by atoms with Gasteiger partial charge >= 0.3 is 0 Å². The Morgan fingerprint density at radius 3 is 2.25 bits per heavy atom. The lowest BCUT2D eigenvalue weighted by Crippen LogP contribution is -2.52. The van der Waals surface area contributed by atoms with Crippen molar-refractivity contribution >= 4 is 17.3 Å². The minimum Gasteiger partial charge on any atom is -0.508 e. The number of phenolic OH excluding ortho intramolecular Hbond substituents is 1. The summed E-state index contributed by atoms with van der Waals surface area (Å²) in [6.45, 7) is 5.17. The van der Waals surface area contributed by atoms with Crippen molar-refractivity contribution < 1.29 is 19.4 Å². The lowest BCUT2D eigenvalue weighted by atomic mass is 10.2. The molecule has 0 spiro atoms. The zero-order valence-electron chi connectivity index (χ0n) is 16.5. The van der Waals surface area contributed by atoms with E-state index in [4.69, 9.17) is 9.47 Å². The van der Waals surface area contributed by atoms with Crippen LogP contribution in [0, 0.1) is 0 Å². The molecule has 1 atom stereocenters. The zero-order valence-corrected chi connectivity index (χ0v) is 16.5. The summed E-state index contributed by atoms with van der Waals surface area (Å²) in [5.41, 5.74) is 1.76. The Bertz CT molecular complexity index is 802. The van der Waals surface area contributed by atoms with E-state index in [9.17, 15) is 9.90 Å². The third kappa shape index (κ3) is 4.48. The van der Waals surface area contributed by atoms with Gasteiger partial charge in [-0.1, -0.05) is 0 Å². The number of anilines is 2. The topological polar surface area (TPSA) is 74.3 Å². The van der Waals surface area contributed by atoms with E-state index in [0.717, 1.165) is 31.9 Å². The van der Waals surface area contributed by atoms with Crippen LogP contribution < -0.4 is 19.7 Å². The van der Waals surface area contributed by atoms with Gasteiger partial charge in [0.15, 0.2) is 11.5 Å². The number of phenols is 1. The Morgan fingerprint density at radius 2 is 1.64 bits per heavy atom. The van der Waals surface area contributed by atoms with E-state index in [1.165, 1.54) is 0 Å². The number of hydrogen-bond acceptors (Lipinski definition) is 6. The molecule has 2 N–H and O–H groups in total. The van der Waals surface area contributed by atoms with Crippen molar-refractivity contribution in [1.29, 1.82) is 0 Å². The van der Waals surface area contributed by atoms with Crippen molar-refractivity contribution in [1.82, 2.24) is 4.90 Å². The summed E-state index contributed by atoms with van der Waals surface area (Å²) in [7, 11) is 3.15. The quantitative estimate of drug-likeness (QED) is 0.796. The van der Waals surface area contributed by atoms with Gasteiger partial charge in [0, 0.05) is 43.6 Å². The molecule has 1 aliphatic rings. The number of nitrogens with one attached hydrogen (secondary N) is 1. The summed E-state index contributed by atoms with van der Waals surface area (Å²) < 4.78 is 10.5. The molecule has 2 aromatic rings. The molecule has 1 aliphatic heterocycles. The van der Waals surface area contributed by atoms with Crippen LogP contribution in [0.3, 0.4) is 0 Å². The first-order valence-corrected chi connectivity index (χ1v) is 9.32. The van der Waals surface area contributed by atoms with Crippen LogP contribution in [-0.4, -0.2) is 62.4 Å². The van der Waals surface area contributed by atoms with E-state index < -0.39 is 0 Å². The largest absolute Gasteiger partial charge is 0.508 e. The third-order valence-corrected chi connectivity index (χ3v) is 5.11. The lowest BCUT2D eigenvalue weighted by Gasteiger charge is -2.38. The number of methoxy groups -OCH3 is 2. The molecule has 1 amide bonds. The Kier molecular flexibility index (Phi) is 6.26. The van der Waals surface area contributed by atoms with Gasteiger partial charge in [0.1, 0.15) is 5.75 Å². The van der Waals surface area contributed by atoms with Crippen LogP contribution in [0.4, 0.5) is 11.4 Å². The van der Waals surface area contributed by atoms with Crippen molar-refractivity contribution in [2.24, 2.45) is 0 Å². The summed E-state index contributed by atoms with van der Waals surface area (Å²) in [5.74, 6) is 1.42. The number of ether oxygens (including phenoxy) is 2. The summed E-state index contributed by atoms with van der Waals surface area (Å²) in [6, 6.07) is 12.3. The first-order valence-electron chi connectivity index (χ1n) is 9.32. The van der Waals surface area contributed by atoms with E-state index >= 15 is 0 Å².